The van der Waals surface area contributed by atoms with Gasteiger partial charge in [0.25, 0.3) is 5.91 Å². The summed E-state index contributed by atoms with van der Waals surface area (Å²) in [6.45, 7) is 0. The highest BCUT2D eigenvalue weighted by atomic mass is 35.5. The molecule has 0 saturated heterocycles. The van der Waals surface area contributed by atoms with Crippen LogP contribution in [0.2, 0.25) is 5.02 Å². The highest BCUT2D eigenvalue weighted by Crippen LogP contribution is 2.16. The zero-order valence-electron chi connectivity index (χ0n) is 11.7. The molecule has 9 nitrogen and oxygen atoms in total. The number of amides is 1. The zero-order valence-corrected chi connectivity index (χ0v) is 13.3. The molecule has 2 rings (SSSR count). The molecule has 1 amide bonds. The predicted molar refractivity (Wildman–Crippen MR) is 88.1 cm³/mol. The Kier molecular flexibility index (Phi) is 5.09. The molecule has 23 heavy (non-hydrogen) atoms. The second-order valence-electron chi connectivity index (χ2n) is 4.34. The van der Waals surface area contributed by atoms with Gasteiger partial charge in [-0.2, -0.15) is 5.10 Å². The van der Waals surface area contributed by atoms with E-state index in [1.165, 1.54) is 11.7 Å². The average Bonchev–Trinajstić information content (AvgIpc) is 2.87. The highest BCUT2D eigenvalue weighted by Gasteiger charge is 2.24. The Morgan fingerprint density at radius 1 is 1.43 bits per heavy atom. The van der Waals surface area contributed by atoms with Crippen molar-refractivity contribution in [1.29, 1.82) is 0 Å². The molecule has 0 unspecified atom stereocenters. The first-order valence-corrected chi connectivity index (χ1v) is 6.96. The SMILES string of the molecule is Cn1cc([N+](=O)[O-])c(C(=O)NNC(=S)Nc2cccc(Cl)c2)n1. The summed E-state index contributed by atoms with van der Waals surface area (Å²) in [5.74, 6) is -0.785. The van der Waals surface area contributed by atoms with Gasteiger partial charge in [-0.1, -0.05) is 17.7 Å². The van der Waals surface area contributed by atoms with E-state index >= 15 is 0 Å². The van der Waals surface area contributed by atoms with E-state index in [0.717, 1.165) is 6.20 Å². The van der Waals surface area contributed by atoms with Crippen LogP contribution in [0, 0.1) is 10.1 Å². The van der Waals surface area contributed by atoms with Gasteiger partial charge in [0.1, 0.15) is 6.20 Å². The number of thiocarbonyl (C=S) groups is 1. The van der Waals surface area contributed by atoms with Crippen LogP contribution in [0.25, 0.3) is 0 Å². The van der Waals surface area contributed by atoms with Crippen LogP contribution in [0.1, 0.15) is 10.5 Å². The van der Waals surface area contributed by atoms with Gasteiger partial charge in [-0.15, -0.1) is 0 Å². The lowest BCUT2D eigenvalue weighted by Gasteiger charge is -2.10. The molecule has 0 saturated carbocycles. The molecule has 0 fully saturated rings. The first-order chi connectivity index (χ1) is 10.9. The monoisotopic (exact) mass is 354 g/mol. The summed E-state index contributed by atoms with van der Waals surface area (Å²) in [5.41, 5.74) is 4.56. The van der Waals surface area contributed by atoms with Crippen LogP contribution in [0.15, 0.2) is 30.5 Å². The molecule has 0 aliphatic rings. The number of benzene rings is 1. The van der Waals surface area contributed by atoms with Crippen molar-refractivity contribution in [2.24, 2.45) is 7.05 Å². The molecule has 1 aromatic carbocycles. The summed E-state index contributed by atoms with van der Waals surface area (Å²) < 4.78 is 1.18. The molecule has 1 aromatic heterocycles. The van der Waals surface area contributed by atoms with Gasteiger partial charge >= 0.3 is 5.69 Å². The van der Waals surface area contributed by atoms with Gasteiger partial charge in [0.15, 0.2) is 5.11 Å². The largest absolute Gasteiger partial charge is 0.331 e. The maximum Gasteiger partial charge on any atom is 0.320 e. The fourth-order valence-corrected chi connectivity index (χ4v) is 2.03. The summed E-state index contributed by atoms with van der Waals surface area (Å²) in [4.78, 5) is 22.1. The van der Waals surface area contributed by atoms with Crippen LogP contribution in [-0.4, -0.2) is 25.7 Å². The Balaban J connectivity index is 1.96. The predicted octanol–water partition coefficient (Wildman–Crippen LogP) is 1.61. The molecule has 0 aliphatic carbocycles. The van der Waals surface area contributed by atoms with E-state index in [0.29, 0.717) is 10.7 Å². The molecule has 11 heteroatoms. The minimum Gasteiger partial charge on any atom is -0.331 e. The highest BCUT2D eigenvalue weighted by molar-refractivity contribution is 7.80. The van der Waals surface area contributed by atoms with E-state index in [-0.39, 0.29) is 10.8 Å². The van der Waals surface area contributed by atoms with Crippen LogP contribution in [-0.2, 0) is 7.05 Å². The van der Waals surface area contributed by atoms with Crippen molar-refractivity contribution >= 4 is 46.2 Å². The molecule has 0 spiro atoms. The van der Waals surface area contributed by atoms with Crippen LogP contribution in [0.5, 0.6) is 0 Å². The lowest BCUT2D eigenvalue weighted by Crippen LogP contribution is -2.44. The minimum atomic E-state index is -0.785. The second kappa shape index (κ2) is 7.03. The van der Waals surface area contributed by atoms with Crippen LogP contribution in [0.4, 0.5) is 11.4 Å². The van der Waals surface area contributed by atoms with Crippen LogP contribution in [0.3, 0.4) is 0 Å². The number of aromatic nitrogens is 2. The summed E-state index contributed by atoms with van der Waals surface area (Å²) in [6.07, 6.45) is 1.14. The number of carbonyl (C=O) groups excluding carboxylic acids is 1. The number of nitrogens with zero attached hydrogens (tertiary/aromatic N) is 3. The number of rotatable bonds is 3. The first-order valence-electron chi connectivity index (χ1n) is 6.18. The Morgan fingerprint density at radius 3 is 2.83 bits per heavy atom. The molecular weight excluding hydrogens is 344 g/mol. The molecule has 0 atom stereocenters. The number of carbonyl (C=O) groups is 1. The van der Waals surface area contributed by atoms with Crippen molar-refractivity contribution in [2.45, 2.75) is 0 Å². The average molecular weight is 355 g/mol. The van der Waals surface area contributed by atoms with E-state index in [2.05, 4.69) is 21.3 Å². The second-order valence-corrected chi connectivity index (χ2v) is 5.18. The fourth-order valence-electron chi connectivity index (χ4n) is 1.67. The Bertz CT molecular complexity index is 778. The van der Waals surface area contributed by atoms with Crippen molar-refractivity contribution in [3.63, 3.8) is 0 Å². The van der Waals surface area contributed by atoms with E-state index < -0.39 is 16.5 Å². The molecule has 1 heterocycles. The lowest BCUT2D eigenvalue weighted by molar-refractivity contribution is -0.385. The van der Waals surface area contributed by atoms with Gasteiger partial charge in [-0.3, -0.25) is 30.4 Å². The molecule has 0 bridgehead atoms. The number of hydrogen-bond acceptors (Lipinski definition) is 5. The summed E-state index contributed by atoms with van der Waals surface area (Å²) >= 11 is 10.8. The summed E-state index contributed by atoms with van der Waals surface area (Å²) in [5, 5.41) is 18.0. The van der Waals surface area contributed by atoms with Crippen molar-refractivity contribution in [3.05, 3.63) is 51.3 Å². The molecule has 120 valence electrons. The van der Waals surface area contributed by atoms with Crippen molar-refractivity contribution < 1.29 is 9.72 Å². The molecular formula is C12H11ClN6O3S. The quantitative estimate of drug-likeness (QED) is 0.436. The number of aryl methyl sites for hydroxylation is 1. The van der Waals surface area contributed by atoms with Gasteiger partial charge in [-0.25, -0.2) is 0 Å². The van der Waals surface area contributed by atoms with E-state index in [1.54, 1.807) is 24.3 Å². The molecule has 0 radical (unpaired) electrons. The standard InChI is InChI=1S/C12H11ClN6O3S/c1-18-6-9(19(21)22)10(17-18)11(20)15-16-12(23)14-8-4-2-3-7(13)5-8/h2-6H,1H3,(H,15,20)(H2,14,16,23). The zero-order chi connectivity index (χ0) is 17.0. The van der Waals surface area contributed by atoms with Gasteiger partial charge in [0, 0.05) is 17.8 Å². The minimum absolute atomic E-state index is 0.0826. The van der Waals surface area contributed by atoms with E-state index in [9.17, 15) is 14.9 Å². The Morgan fingerprint density at radius 2 is 2.17 bits per heavy atom. The lowest BCUT2D eigenvalue weighted by atomic mass is 10.3. The van der Waals surface area contributed by atoms with Gasteiger partial charge in [0.2, 0.25) is 5.69 Å². The Labute approximate surface area is 140 Å². The Hall–Kier alpha value is -2.72. The topological polar surface area (TPSA) is 114 Å². The normalized spacial score (nSPS) is 10.0. The number of anilines is 1. The number of hydrogen-bond donors (Lipinski definition) is 3. The summed E-state index contributed by atoms with van der Waals surface area (Å²) in [6, 6.07) is 6.79. The smallest absolute Gasteiger partial charge is 0.320 e. The van der Waals surface area contributed by atoms with Gasteiger partial charge in [-0.05, 0) is 30.4 Å². The van der Waals surface area contributed by atoms with Crippen molar-refractivity contribution in [1.82, 2.24) is 20.6 Å². The van der Waals surface area contributed by atoms with Gasteiger partial charge in [0.05, 0.1) is 4.92 Å². The number of nitrogens with one attached hydrogen (secondary N) is 3. The van der Waals surface area contributed by atoms with Crippen molar-refractivity contribution in [2.75, 3.05) is 5.32 Å². The number of halogens is 1. The first kappa shape index (κ1) is 16.6. The molecule has 2 aromatic rings. The molecule has 3 N–H and O–H groups in total. The third-order valence-corrected chi connectivity index (χ3v) is 3.03. The van der Waals surface area contributed by atoms with Crippen molar-refractivity contribution in [3.8, 4) is 0 Å². The third-order valence-electron chi connectivity index (χ3n) is 2.59. The molecule has 0 aliphatic heterocycles. The maximum atomic E-state index is 11.9. The van der Waals surface area contributed by atoms with Gasteiger partial charge < -0.3 is 5.32 Å². The third kappa shape index (κ3) is 4.37. The van der Waals surface area contributed by atoms with Crippen LogP contribution >= 0.6 is 23.8 Å². The van der Waals surface area contributed by atoms with E-state index in [1.807, 2.05) is 0 Å². The fraction of sp³-hybridized carbons (Fsp3) is 0.0833. The number of nitro groups is 1. The maximum absolute atomic E-state index is 11.9. The summed E-state index contributed by atoms with van der Waals surface area (Å²) in [7, 11) is 1.47. The number of hydrazine groups is 1. The van der Waals surface area contributed by atoms with Crippen LogP contribution < -0.4 is 16.2 Å². The van der Waals surface area contributed by atoms with E-state index in [4.69, 9.17) is 23.8 Å².